The van der Waals surface area contributed by atoms with Gasteiger partial charge in [-0.15, -0.1) is 0 Å². The molecule has 6 heteroatoms. The van der Waals surface area contributed by atoms with E-state index in [1.54, 1.807) is 0 Å². The van der Waals surface area contributed by atoms with Gasteiger partial charge in [0, 0.05) is 5.56 Å². The van der Waals surface area contributed by atoms with E-state index in [1.807, 2.05) is 0 Å². The molecular weight excluding hydrogens is 363 g/mol. The Morgan fingerprint density at radius 2 is 1.44 bits per heavy atom. The van der Waals surface area contributed by atoms with Crippen molar-refractivity contribution in [3.05, 3.63) is 52.8 Å². The largest absolute Gasteiger partial charge is 0.283 e. The fourth-order valence-electron chi connectivity index (χ4n) is 4.10. The molecule has 0 amide bonds. The van der Waals surface area contributed by atoms with Crippen molar-refractivity contribution in [2.45, 2.75) is 51.4 Å². The third-order valence-corrected chi connectivity index (χ3v) is 5.46. The Kier molecular flexibility index (Phi) is 5.72. The Hall–Kier alpha value is -2.11. The number of rotatable bonds is 4. The van der Waals surface area contributed by atoms with E-state index >= 15 is 0 Å². The summed E-state index contributed by atoms with van der Waals surface area (Å²) in [6.07, 6.45) is 5.24. The molecule has 3 rings (SSSR count). The van der Waals surface area contributed by atoms with Gasteiger partial charge in [0.1, 0.15) is 0 Å². The second-order valence-corrected chi connectivity index (χ2v) is 7.23. The van der Waals surface area contributed by atoms with E-state index < -0.39 is 34.8 Å². The van der Waals surface area contributed by atoms with Gasteiger partial charge < -0.3 is 0 Å². The summed E-state index contributed by atoms with van der Waals surface area (Å²) in [6, 6.07) is 2.24. The van der Waals surface area contributed by atoms with Crippen LogP contribution in [0.4, 0.5) is 22.0 Å². The van der Waals surface area contributed by atoms with E-state index in [1.165, 1.54) is 0 Å². The van der Waals surface area contributed by atoms with Crippen LogP contribution in [0.1, 0.15) is 56.9 Å². The van der Waals surface area contributed by atoms with Crippen molar-refractivity contribution < 1.29 is 27.1 Å². The molecule has 27 heavy (non-hydrogen) atoms. The van der Waals surface area contributed by atoms with Crippen molar-refractivity contribution in [3.8, 4) is 16.9 Å². The summed E-state index contributed by atoms with van der Waals surface area (Å²) in [5, 5.41) is 11.8. The van der Waals surface area contributed by atoms with Gasteiger partial charge >= 0.3 is 0 Å². The Balaban J connectivity index is 2.07. The van der Waals surface area contributed by atoms with Crippen LogP contribution < -0.4 is 0 Å². The van der Waals surface area contributed by atoms with E-state index in [0.717, 1.165) is 31.7 Å². The lowest BCUT2D eigenvalue weighted by Gasteiger charge is -2.30. The molecule has 0 bridgehead atoms. The van der Waals surface area contributed by atoms with Crippen LogP contribution in [0.25, 0.3) is 11.1 Å². The number of benzene rings is 2. The first-order valence-corrected chi connectivity index (χ1v) is 9.17. The summed E-state index contributed by atoms with van der Waals surface area (Å²) in [5.74, 6) is -8.42. The molecule has 2 aromatic rings. The van der Waals surface area contributed by atoms with E-state index in [9.17, 15) is 27.1 Å². The zero-order chi connectivity index (χ0) is 19.7. The minimum absolute atomic E-state index is 0.213. The highest BCUT2D eigenvalue weighted by molar-refractivity contribution is 5.71. The van der Waals surface area contributed by atoms with Crippen LogP contribution in [0.3, 0.4) is 0 Å². The quantitative estimate of drug-likeness (QED) is 0.391. The maximum atomic E-state index is 14.6. The summed E-state index contributed by atoms with van der Waals surface area (Å²) in [7, 11) is 0. The van der Waals surface area contributed by atoms with Gasteiger partial charge in [0.05, 0.1) is 0 Å². The zero-order valence-electron chi connectivity index (χ0n) is 14.9. The monoisotopic (exact) mass is 383 g/mol. The van der Waals surface area contributed by atoms with Crippen LogP contribution in [0, 0.1) is 35.0 Å². The Morgan fingerprint density at radius 3 is 2.00 bits per heavy atom. The third-order valence-electron chi connectivity index (χ3n) is 5.46. The normalized spacial score (nSPS) is 20.1. The first kappa shape index (κ1) is 19.6. The van der Waals surface area contributed by atoms with Gasteiger partial charge in [-0.2, -0.15) is 0 Å². The molecular formula is C21H20F5O. The lowest BCUT2D eigenvalue weighted by molar-refractivity contribution is 0.298. The van der Waals surface area contributed by atoms with E-state index in [-0.39, 0.29) is 22.6 Å². The van der Waals surface area contributed by atoms with Gasteiger partial charge in [-0.25, -0.2) is 22.0 Å². The highest BCUT2D eigenvalue weighted by Gasteiger charge is 2.29. The highest BCUT2D eigenvalue weighted by atomic mass is 19.2. The molecule has 1 saturated carbocycles. The van der Waals surface area contributed by atoms with E-state index in [0.29, 0.717) is 30.9 Å². The molecule has 1 aliphatic carbocycles. The molecule has 2 aromatic carbocycles. The average molecular weight is 383 g/mol. The van der Waals surface area contributed by atoms with Crippen molar-refractivity contribution in [2.75, 3.05) is 0 Å². The van der Waals surface area contributed by atoms with Crippen molar-refractivity contribution in [2.24, 2.45) is 5.92 Å². The van der Waals surface area contributed by atoms with Crippen LogP contribution in [-0.4, -0.2) is 0 Å². The Morgan fingerprint density at radius 1 is 0.852 bits per heavy atom. The Labute approximate surface area is 154 Å². The number of halogens is 5. The van der Waals surface area contributed by atoms with Gasteiger partial charge in [-0.1, -0.05) is 19.8 Å². The highest BCUT2D eigenvalue weighted by Crippen LogP contribution is 2.44. The Bertz CT molecular complexity index is 818. The summed E-state index contributed by atoms with van der Waals surface area (Å²) in [6.45, 7) is 2.10. The topological polar surface area (TPSA) is 19.9 Å². The molecule has 1 fully saturated rings. The summed E-state index contributed by atoms with van der Waals surface area (Å²) in [5.41, 5.74) is -0.422. The first-order valence-electron chi connectivity index (χ1n) is 9.17. The minimum atomic E-state index is -1.68. The third kappa shape index (κ3) is 3.80. The van der Waals surface area contributed by atoms with Crippen molar-refractivity contribution in [3.63, 3.8) is 0 Å². The standard InChI is InChI=1S/C21H20F5O/c1-2-3-11-4-6-12(7-5-11)14-10-17(24)21(27)20(26)18(14)13-8-15(22)19(25)16(23)9-13/h8-12H,2-7H2,1H3/t11-,12-. The minimum Gasteiger partial charge on any atom is -0.283 e. The lowest BCUT2D eigenvalue weighted by Crippen LogP contribution is -2.15. The molecule has 0 atom stereocenters. The molecule has 0 heterocycles. The molecule has 1 radical (unpaired) electrons. The molecule has 0 saturated heterocycles. The van der Waals surface area contributed by atoms with Gasteiger partial charge in [0.2, 0.25) is 5.75 Å². The van der Waals surface area contributed by atoms with Crippen LogP contribution in [0.5, 0.6) is 5.75 Å². The SMILES string of the molecule is CCC[C@H]1CC[C@H](c2cc(F)c([O])c(F)c2-c2cc(F)c(F)c(F)c2)CC1. The van der Waals surface area contributed by atoms with Crippen LogP contribution in [0.15, 0.2) is 18.2 Å². The number of hydrogen-bond acceptors (Lipinski definition) is 0. The van der Waals surface area contributed by atoms with E-state index in [2.05, 4.69) is 6.92 Å². The number of hydrogen-bond donors (Lipinski definition) is 0. The fourth-order valence-corrected chi connectivity index (χ4v) is 4.10. The molecule has 0 unspecified atom stereocenters. The molecule has 0 N–H and O–H groups in total. The summed E-state index contributed by atoms with van der Waals surface area (Å²) < 4.78 is 69.2. The zero-order valence-corrected chi connectivity index (χ0v) is 14.9. The summed E-state index contributed by atoms with van der Waals surface area (Å²) >= 11 is 0. The van der Waals surface area contributed by atoms with Gasteiger partial charge in [0.15, 0.2) is 29.1 Å². The predicted octanol–water partition coefficient (Wildman–Crippen LogP) is 7.27. The maximum Gasteiger partial charge on any atom is 0.250 e. The molecule has 145 valence electrons. The second kappa shape index (κ2) is 7.87. The van der Waals surface area contributed by atoms with Crippen LogP contribution >= 0.6 is 0 Å². The van der Waals surface area contributed by atoms with Gasteiger partial charge in [-0.05, 0) is 66.8 Å². The average Bonchev–Trinajstić information content (AvgIpc) is 2.64. The van der Waals surface area contributed by atoms with Crippen LogP contribution in [0.2, 0.25) is 0 Å². The molecule has 1 nitrogen and oxygen atoms in total. The van der Waals surface area contributed by atoms with Gasteiger partial charge in [0.25, 0.3) is 0 Å². The predicted molar refractivity (Wildman–Crippen MR) is 91.4 cm³/mol. The maximum absolute atomic E-state index is 14.6. The van der Waals surface area contributed by atoms with Crippen molar-refractivity contribution >= 4 is 0 Å². The van der Waals surface area contributed by atoms with Gasteiger partial charge in [-0.3, -0.25) is 5.11 Å². The van der Waals surface area contributed by atoms with Crippen molar-refractivity contribution in [1.82, 2.24) is 0 Å². The summed E-state index contributed by atoms with van der Waals surface area (Å²) in [4.78, 5) is 0. The molecule has 0 aromatic heterocycles. The second-order valence-electron chi connectivity index (χ2n) is 7.23. The molecule has 1 aliphatic rings. The fraction of sp³-hybridized carbons (Fsp3) is 0.429. The van der Waals surface area contributed by atoms with Crippen molar-refractivity contribution in [1.29, 1.82) is 0 Å². The molecule has 0 spiro atoms. The molecule has 0 aliphatic heterocycles. The smallest absolute Gasteiger partial charge is 0.250 e. The van der Waals surface area contributed by atoms with E-state index in [4.69, 9.17) is 0 Å². The van der Waals surface area contributed by atoms with Crippen LogP contribution in [-0.2, 0) is 5.11 Å². The first-order chi connectivity index (χ1) is 12.8. The lowest BCUT2D eigenvalue weighted by atomic mass is 9.75.